The minimum atomic E-state index is -4.52. The first-order chi connectivity index (χ1) is 13.9. The molecule has 1 amide bonds. The van der Waals surface area contributed by atoms with Crippen LogP contribution >= 0.6 is 0 Å². The summed E-state index contributed by atoms with van der Waals surface area (Å²) in [5.41, 5.74) is -1.23. The van der Waals surface area contributed by atoms with Gasteiger partial charge in [-0.05, 0) is 38.5 Å². The number of hydrogen-bond donors (Lipinski definition) is 1. The molecule has 1 N–H and O–H groups in total. The molecule has 1 saturated heterocycles. The molecule has 0 bridgehead atoms. The highest BCUT2D eigenvalue weighted by molar-refractivity contribution is 5.79. The molecular weight excluding hydrogens is 401 g/mol. The minimum Gasteiger partial charge on any atom is -0.465 e. The number of alkyl halides is 3. The molecule has 0 aromatic heterocycles. The summed E-state index contributed by atoms with van der Waals surface area (Å²) in [6, 6.07) is 3.37. The second-order valence-electron chi connectivity index (χ2n) is 7.51. The molecule has 1 aromatic rings. The summed E-state index contributed by atoms with van der Waals surface area (Å²) in [4.78, 5) is 26.3. The van der Waals surface area contributed by atoms with Gasteiger partial charge in [0, 0.05) is 38.3 Å². The normalized spacial score (nSPS) is 15.3. The number of carbonyl (C=O) groups excluding carboxylic acids is 1. The molecule has 164 valence electrons. The predicted molar refractivity (Wildman–Crippen MR) is 104 cm³/mol. The third-order valence-electron chi connectivity index (χ3n) is 4.77. The molecule has 0 spiro atoms. The molecule has 30 heavy (non-hydrogen) atoms. The van der Waals surface area contributed by atoms with Crippen molar-refractivity contribution in [1.82, 2.24) is 9.80 Å². The SMILES string of the molecule is CCOC(=O)C(C)(C)C#Cc1cc(C(F)(F)F)ccc1CN1CCN(C(=O)O)CC1. The van der Waals surface area contributed by atoms with E-state index in [1.54, 1.807) is 20.8 Å². The van der Waals surface area contributed by atoms with Crippen molar-refractivity contribution in [2.75, 3.05) is 32.8 Å². The fourth-order valence-corrected chi connectivity index (χ4v) is 2.93. The fourth-order valence-electron chi connectivity index (χ4n) is 2.93. The van der Waals surface area contributed by atoms with Crippen LogP contribution in [0.4, 0.5) is 18.0 Å². The highest BCUT2D eigenvalue weighted by atomic mass is 19.4. The number of rotatable bonds is 4. The summed E-state index contributed by atoms with van der Waals surface area (Å²) >= 11 is 0. The van der Waals surface area contributed by atoms with Crippen molar-refractivity contribution in [2.24, 2.45) is 5.41 Å². The zero-order chi connectivity index (χ0) is 22.5. The van der Waals surface area contributed by atoms with E-state index in [1.165, 1.54) is 11.0 Å². The van der Waals surface area contributed by atoms with Crippen molar-refractivity contribution in [3.63, 3.8) is 0 Å². The Morgan fingerprint density at radius 2 is 1.80 bits per heavy atom. The van der Waals surface area contributed by atoms with Crippen molar-refractivity contribution in [2.45, 2.75) is 33.5 Å². The monoisotopic (exact) mass is 426 g/mol. The lowest BCUT2D eigenvalue weighted by Gasteiger charge is -2.33. The zero-order valence-electron chi connectivity index (χ0n) is 17.2. The maximum Gasteiger partial charge on any atom is 0.416 e. The molecule has 0 radical (unpaired) electrons. The molecule has 1 heterocycles. The number of hydrogen-bond acceptors (Lipinski definition) is 4. The number of carboxylic acid groups (broad SMARTS) is 1. The van der Waals surface area contributed by atoms with E-state index in [2.05, 4.69) is 11.8 Å². The molecule has 6 nitrogen and oxygen atoms in total. The van der Waals surface area contributed by atoms with E-state index in [4.69, 9.17) is 9.84 Å². The van der Waals surface area contributed by atoms with Gasteiger partial charge in [0.05, 0.1) is 12.2 Å². The van der Waals surface area contributed by atoms with Crippen LogP contribution in [0.3, 0.4) is 0 Å². The van der Waals surface area contributed by atoms with Crippen LogP contribution in [-0.4, -0.2) is 59.8 Å². The Labute approximate surface area is 173 Å². The van der Waals surface area contributed by atoms with E-state index in [0.717, 1.165) is 12.1 Å². The summed E-state index contributed by atoms with van der Waals surface area (Å²) in [6.07, 6.45) is -5.50. The molecule has 0 unspecified atom stereocenters. The lowest BCUT2D eigenvalue weighted by molar-refractivity contribution is -0.150. The summed E-state index contributed by atoms with van der Waals surface area (Å²) in [5, 5.41) is 9.04. The van der Waals surface area contributed by atoms with Crippen LogP contribution in [0.5, 0.6) is 0 Å². The van der Waals surface area contributed by atoms with Gasteiger partial charge in [-0.2, -0.15) is 13.2 Å². The third-order valence-corrected chi connectivity index (χ3v) is 4.77. The third kappa shape index (κ3) is 6.13. The van der Waals surface area contributed by atoms with Crippen LogP contribution in [0.15, 0.2) is 18.2 Å². The van der Waals surface area contributed by atoms with E-state index in [0.29, 0.717) is 38.3 Å². The van der Waals surface area contributed by atoms with E-state index in [9.17, 15) is 22.8 Å². The van der Waals surface area contributed by atoms with Crippen LogP contribution in [0.25, 0.3) is 0 Å². The van der Waals surface area contributed by atoms with Crippen molar-refractivity contribution in [1.29, 1.82) is 0 Å². The van der Waals surface area contributed by atoms with Crippen molar-refractivity contribution >= 4 is 12.1 Å². The van der Waals surface area contributed by atoms with Gasteiger partial charge in [0.2, 0.25) is 0 Å². The first-order valence-electron chi connectivity index (χ1n) is 9.55. The summed E-state index contributed by atoms with van der Waals surface area (Å²) in [5.74, 6) is 4.94. The highest BCUT2D eigenvalue weighted by Crippen LogP contribution is 2.31. The van der Waals surface area contributed by atoms with Gasteiger partial charge in [-0.25, -0.2) is 4.79 Å². The Bertz CT molecular complexity index is 848. The molecule has 1 aliphatic heterocycles. The van der Waals surface area contributed by atoms with Crippen molar-refractivity contribution in [3.05, 3.63) is 34.9 Å². The Kier molecular flexibility index (Phi) is 7.37. The number of nitrogens with zero attached hydrogens (tertiary/aromatic N) is 2. The Hall–Kier alpha value is -2.73. The maximum atomic E-state index is 13.2. The molecular formula is C21H25F3N2O4. The lowest BCUT2D eigenvalue weighted by Crippen LogP contribution is -2.47. The van der Waals surface area contributed by atoms with Crippen LogP contribution in [0.2, 0.25) is 0 Å². The van der Waals surface area contributed by atoms with Gasteiger partial charge in [-0.3, -0.25) is 9.69 Å². The van der Waals surface area contributed by atoms with Crippen LogP contribution in [0, 0.1) is 17.3 Å². The van der Waals surface area contributed by atoms with E-state index >= 15 is 0 Å². The first kappa shape index (κ1) is 23.5. The average molecular weight is 426 g/mol. The van der Waals surface area contributed by atoms with Crippen LogP contribution in [0.1, 0.15) is 37.5 Å². The average Bonchev–Trinajstić information content (AvgIpc) is 2.67. The molecule has 0 saturated carbocycles. The number of piperazine rings is 1. The highest BCUT2D eigenvalue weighted by Gasteiger charge is 2.31. The Morgan fingerprint density at radius 3 is 2.33 bits per heavy atom. The number of amides is 1. The maximum absolute atomic E-state index is 13.2. The largest absolute Gasteiger partial charge is 0.465 e. The molecule has 9 heteroatoms. The van der Waals surface area contributed by atoms with Crippen molar-refractivity contribution < 1.29 is 32.6 Å². The smallest absolute Gasteiger partial charge is 0.416 e. The van der Waals surface area contributed by atoms with E-state index < -0.39 is 29.2 Å². The van der Waals surface area contributed by atoms with Crippen LogP contribution in [-0.2, 0) is 22.3 Å². The van der Waals surface area contributed by atoms with Gasteiger partial charge in [-0.15, -0.1) is 0 Å². The van der Waals surface area contributed by atoms with E-state index in [1.807, 2.05) is 4.90 Å². The molecule has 1 aromatic carbocycles. The standard InChI is InChI=1S/C21H25F3N2O4/c1-4-30-18(27)20(2,3)8-7-15-13-17(21(22,23)24)6-5-16(15)14-25-9-11-26(12-10-25)19(28)29/h5-6,13H,4,9-12,14H2,1-3H3,(H,28,29). The molecule has 1 aliphatic rings. The molecule has 0 atom stereocenters. The second kappa shape index (κ2) is 9.39. The molecule has 0 aliphatic carbocycles. The van der Waals surface area contributed by atoms with Crippen LogP contribution < -0.4 is 0 Å². The summed E-state index contributed by atoms with van der Waals surface area (Å²) < 4.78 is 44.5. The number of benzene rings is 1. The number of esters is 1. The summed E-state index contributed by atoms with van der Waals surface area (Å²) in [7, 11) is 0. The lowest BCUT2D eigenvalue weighted by atomic mass is 9.93. The fraction of sp³-hybridized carbons (Fsp3) is 0.524. The Balaban J connectivity index is 2.30. The topological polar surface area (TPSA) is 70.1 Å². The quantitative estimate of drug-likeness (QED) is 0.590. The number of ether oxygens (including phenoxy) is 1. The van der Waals surface area contributed by atoms with Gasteiger partial charge in [0.15, 0.2) is 0 Å². The Morgan fingerprint density at radius 1 is 1.17 bits per heavy atom. The predicted octanol–water partition coefficient (Wildman–Crippen LogP) is 3.44. The number of carbonyl (C=O) groups is 2. The van der Waals surface area contributed by atoms with Crippen molar-refractivity contribution in [3.8, 4) is 11.8 Å². The minimum absolute atomic E-state index is 0.182. The molecule has 1 fully saturated rings. The number of halogens is 3. The van der Waals surface area contributed by atoms with Gasteiger partial charge >= 0.3 is 18.2 Å². The second-order valence-corrected chi connectivity index (χ2v) is 7.51. The summed E-state index contributed by atoms with van der Waals surface area (Å²) in [6.45, 7) is 6.86. The van der Waals surface area contributed by atoms with Gasteiger partial charge < -0.3 is 14.7 Å². The van der Waals surface area contributed by atoms with E-state index in [-0.39, 0.29) is 12.2 Å². The first-order valence-corrected chi connectivity index (χ1v) is 9.55. The van der Waals surface area contributed by atoms with Gasteiger partial charge in [-0.1, -0.05) is 17.9 Å². The van der Waals surface area contributed by atoms with Gasteiger partial charge in [0.25, 0.3) is 0 Å². The zero-order valence-corrected chi connectivity index (χ0v) is 17.2. The van der Waals surface area contributed by atoms with Gasteiger partial charge in [0.1, 0.15) is 5.41 Å². The molecule has 2 rings (SSSR count).